The van der Waals surface area contributed by atoms with Gasteiger partial charge in [-0.15, -0.1) is 5.10 Å². The van der Waals surface area contributed by atoms with E-state index in [-0.39, 0.29) is 23.3 Å². The smallest absolute Gasteiger partial charge is 0.435 e. The molecule has 1 aromatic carbocycles. The van der Waals surface area contributed by atoms with Crippen molar-refractivity contribution in [1.82, 2.24) is 19.9 Å². The summed E-state index contributed by atoms with van der Waals surface area (Å²) in [7, 11) is 0. The lowest BCUT2D eigenvalue weighted by molar-refractivity contribution is -0.142. The molecule has 1 atom stereocenters. The van der Waals surface area contributed by atoms with Crippen molar-refractivity contribution in [3.8, 4) is 5.88 Å². The third-order valence-electron chi connectivity index (χ3n) is 4.38. The number of halogens is 4. The van der Waals surface area contributed by atoms with Gasteiger partial charge in [-0.2, -0.15) is 13.2 Å². The summed E-state index contributed by atoms with van der Waals surface area (Å²) in [5, 5.41) is 10.1. The maximum Gasteiger partial charge on any atom is 0.435 e. The number of rotatable bonds is 4. The summed E-state index contributed by atoms with van der Waals surface area (Å²) < 4.78 is 60.0. The van der Waals surface area contributed by atoms with E-state index in [2.05, 4.69) is 20.7 Å². The maximum absolute atomic E-state index is 13.5. The van der Waals surface area contributed by atoms with Crippen LogP contribution in [0.5, 0.6) is 5.88 Å². The molecule has 0 bridgehead atoms. The Kier molecular flexibility index (Phi) is 4.80. The van der Waals surface area contributed by atoms with Crippen LogP contribution in [0.1, 0.15) is 18.5 Å². The summed E-state index contributed by atoms with van der Waals surface area (Å²) >= 11 is 0. The van der Waals surface area contributed by atoms with E-state index in [1.54, 1.807) is 6.07 Å². The van der Waals surface area contributed by atoms with Crippen LogP contribution in [0.4, 0.5) is 28.9 Å². The van der Waals surface area contributed by atoms with Gasteiger partial charge in [-0.05, 0) is 37.6 Å². The number of ether oxygens (including phenoxy) is 1. The lowest BCUT2D eigenvalue weighted by Crippen LogP contribution is -2.37. The summed E-state index contributed by atoms with van der Waals surface area (Å²) in [6.45, 7) is 1.46. The van der Waals surface area contributed by atoms with Crippen molar-refractivity contribution in [3.63, 3.8) is 0 Å². The molecule has 0 radical (unpaired) electrons. The predicted molar refractivity (Wildman–Crippen MR) is 94.2 cm³/mol. The van der Waals surface area contributed by atoms with Gasteiger partial charge in [0.25, 0.3) is 0 Å². The Morgan fingerprint density at radius 2 is 2.11 bits per heavy atom. The van der Waals surface area contributed by atoms with E-state index >= 15 is 0 Å². The van der Waals surface area contributed by atoms with Crippen LogP contribution in [-0.2, 0) is 6.18 Å². The molecule has 28 heavy (non-hydrogen) atoms. The molecular formula is C18H17F4N5O. The number of nitrogens with one attached hydrogen (secondary N) is 2. The zero-order chi connectivity index (χ0) is 19.7. The van der Waals surface area contributed by atoms with Gasteiger partial charge >= 0.3 is 6.18 Å². The summed E-state index contributed by atoms with van der Waals surface area (Å²) in [5.74, 6) is -0.442. The van der Waals surface area contributed by atoms with E-state index in [4.69, 9.17) is 4.74 Å². The molecule has 6 nitrogen and oxygen atoms in total. The molecule has 0 amide bonds. The SMILES string of the molecule is Fc1cccc(Nc2cc(OC3CCCNC3)nn3c(C(F)(F)F)cnc23)c1. The molecule has 148 valence electrons. The van der Waals surface area contributed by atoms with E-state index in [1.807, 2.05) is 0 Å². The van der Waals surface area contributed by atoms with E-state index in [9.17, 15) is 17.6 Å². The van der Waals surface area contributed by atoms with Crippen LogP contribution in [0.2, 0.25) is 0 Å². The average molecular weight is 395 g/mol. The first kappa shape index (κ1) is 18.5. The second kappa shape index (κ2) is 7.27. The number of piperidine rings is 1. The Morgan fingerprint density at radius 3 is 2.82 bits per heavy atom. The van der Waals surface area contributed by atoms with Crippen molar-refractivity contribution in [2.24, 2.45) is 0 Å². The molecule has 1 aliphatic rings. The van der Waals surface area contributed by atoms with E-state index in [0.29, 0.717) is 22.9 Å². The number of hydrogen-bond donors (Lipinski definition) is 2. The zero-order valence-electron chi connectivity index (χ0n) is 14.6. The average Bonchev–Trinajstić information content (AvgIpc) is 3.07. The van der Waals surface area contributed by atoms with Crippen LogP contribution >= 0.6 is 0 Å². The summed E-state index contributed by atoms with van der Waals surface area (Å²) in [5.41, 5.74) is -0.451. The predicted octanol–water partition coefficient (Wildman–Crippen LogP) is 3.76. The highest BCUT2D eigenvalue weighted by Crippen LogP contribution is 2.33. The second-order valence-electron chi connectivity index (χ2n) is 6.49. The minimum Gasteiger partial charge on any atom is -0.472 e. The monoisotopic (exact) mass is 395 g/mol. The number of nitrogens with zero attached hydrogens (tertiary/aromatic N) is 3. The first-order valence-corrected chi connectivity index (χ1v) is 8.76. The molecule has 3 aromatic rings. The number of hydrogen-bond acceptors (Lipinski definition) is 5. The lowest BCUT2D eigenvalue weighted by Gasteiger charge is -2.23. The minimum absolute atomic E-state index is 0.0311. The summed E-state index contributed by atoms with van der Waals surface area (Å²) in [6, 6.07) is 7.07. The van der Waals surface area contributed by atoms with Crippen molar-refractivity contribution < 1.29 is 22.3 Å². The Balaban J connectivity index is 1.76. The Morgan fingerprint density at radius 1 is 1.25 bits per heavy atom. The van der Waals surface area contributed by atoms with E-state index in [0.717, 1.165) is 19.4 Å². The van der Waals surface area contributed by atoms with Crippen LogP contribution in [0.15, 0.2) is 36.5 Å². The molecule has 0 spiro atoms. The molecule has 1 unspecified atom stereocenters. The van der Waals surface area contributed by atoms with E-state index in [1.165, 1.54) is 24.3 Å². The molecule has 1 saturated heterocycles. The highest BCUT2D eigenvalue weighted by atomic mass is 19.4. The summed E-state index contributed by atoms with van der Waals surface area (Å²) in [6.07, 6.45) is -2.44. The van der Waals surface area contributed by atoms with Gasteiger partial charge < -0.3 is 15.4 Å². The fraction of sp³-hybridized carbons (Fsp3) is 0.333. The molecule has 0 aliphatic carbocycles. The molecule has 1 aliphatic heterocycles. The van der Waals surface area contributed by atoms with Crippen LogP contribution in [0.3, 0.4) is 0 Å². The fourth-order valence-electron chi connectivity index (χ4n) is 3.10. The number of anilines is 2. The normalized spacial score (nSPS) is 17.6. The van der Waals surface area contributed by atoms with Crippen LogP contribution in [0.25, 0.3) is 5.65 Å². The number of alkyl halides is 3. The van der Waals surface area contributed by atoms with Gasteiger partial charge in [0.2, 0.25) is 5.88 Å². The number of aromatic nitrogens is 3. The molecule has 2 N–H and O–H groups in total. The number of fused-ring (bicyclic) bond motifs is 1. The number of imidazole rings is 1. The largest absolute Gasteiger partial charge is 0.472 e. The quantitative estimate of drug-likeness (QED) is 0.659. The summed E-state index contributed by atoms with van der Waals surface area (Å²) in [4.78, 5) is 3.85. The standard InChI is InChI=1S/C18H17F4N5O/c19-11-3-1-4-12(7-11)25-14-8-16(28-13-5-2-6-23-9-13)26-27-15(18(20,21)22)10-24-17(14)27/h1,3-4,7-8,10,13,23,25H,2,5-6,9H2. The fourth-order valence-corrected chi connectivity index (χ4v) is 3.10. The lowest BCUT2D eigenvalue weighted by atomic mass is 10.1. The van der Waals surface area contributed by atoms with Gasteiger partial charge in [-0.3, -0.25) is 0 Å². The van der Waals surface area contributed by atoms with Crippen LogP contribution in [0, 0.1) is 5.82 Å². The third kappa shape index (κ3) is 3.86. The third-order valence-corrected chi connectivity index (χ3v) is 4.38. The first-order chi connectivity index (χ1) is 13.4. The van der Waals surface area contributed by atoms with Gasteiger partial charge in [0, 0.05) is 18.3 Å². The Labute approximate surface area is 157 Å². The number of benzene rings is 1. The van der Waals surface area contributed by atoms with Crippen molar-refractivity contribution in [2.45, 2.75) is 25.1 Å². The minimum atomic E-state index is -4.63. The van der Waals surface area contributed by atoms with Crippen LogP contribution < -0.4 is 15.4 Å². The van der Waals surface area contributed by atoms with Crippen molar-refractivity contribution in [1.29, 1.82) is 0 Å². The topological polar surface area (TPSA) is 63.5 Å². The van der Waals surface area contributed by atoms with Crippen molar-refractivity contribution >= 4 is 17.0 Å². The van der Waals surface area contributed by atoms with Crippen LogP contribution in [-0.4, -0.2) is 33.8 Å². The maximum atomic E-state index is 13.5. The van der Waals surface area contributed by atoms with Gasteiger partial charge in [-0.25, -0.2) is 13.9 Å². The second-order valence-corrected chi connectivity index (χ2v) is 6.49. The Hall–Kier alpha value is -2.88. The Bertz CT molecular complexity index is 982. The van der Waals surface area contributed by atoms with Gasteiger partial charge in [-0.1, -0.05) is 6.07 Å². The molecular weight excluding hydrogens is 378 g/mol. The van der Waals surface area contributed by atoms with E-state index < -0.39 is 17.7 Å². The molecule has 4 rings (SSSR count). The van der Waals surface area contributed by atoms with Gasteiger partial charge in [0.1, 0.15) is 11.9 Å². The molecule has 10 heteroatoms. The zero-order valence-corrected chi connectivity index (χ0v) is 14.6. The molecule has 0 saturated carbocycles. The molecule has 2 aromatic heterocycles. The first-order valence-electron chi connectivity index (χ1n) is 8.76. The molecule has 1 fully saturated rings. The van der Waals surface area contributed by atoms with Gasteiger partial charge in [0.15, 0.2) is 11.3 Å². The highest BCUT2D eigenvalue weighted by Gasteiger charge is 2.36. The van der Waals surface area contributed by atoms with Crippen molar-refractivity contribution in [3.05, 3.63) is 48.0 Å². The molecule has 3 heterocycles. The highest BCUT2D eigenvalue weighted by molar-refractivity contribution is 5.74. The van der Waals surface area contributed by atoms with Crippen molar-refractivity contribution in [2.75, 3.05) is 18.4 Å². The van der Waals surface area contributed by atoms with Gasteiger partial charge in [0.05, 0.1) is 11.9 Å².